The van der Waals surface area contributed by atoms with Crippen LogP contribution in [0.4, 0.5) is 5.69 Å². The standard InChI is InChI=1S/C13H17N3O/c1-10-6-13(15-17-10)9-16(2)8-11-4-3-5-12(14)7-11/h3-7H,8-9,14H2,1-2H3. The van der Waals surface area contributed by atoms with Crippen LogP contribution in [0.15, 0.2) is 34.9 Å². The zero-order chi connectivity index (χ0) is 12.3. The van der Waals surface area contributed by atoms with Gasteiger partial charge in [0.2, 0.25) is 0 Å². The summed E-state index contributed by atoms with van der Waals surface area (Å²) in [6.45, 7) is 3.51. The second-order valence-corrected chi connectivity index (χ2v) is 4.35. The number of nitrogen functional groups attached to an aromatic ring is 1. The van der Waals surface area contributed by atoms with Gasteiger partial charge in [-0.2, -0.15) is 0 Å². The summed E-state index contributed by atoms with van der Waals surface area (Å²) in [6, 6.07) is 9.88. The molecule has 0 aliphatic carbocycles. The molecule has 0 spiro atoms. The van der Waals surface area contributed by atoms with Crippen LogP contribution in [0, 0.1) is 6.92 Å². The number of nitrogens with two attached hydrogens (primary N) is 1. The van der Waals surface area contributed by atoms with Gasteiger partial charge in [-0.1, -0.05) is 17.3 Å². The van der Waals surface area contributed by atoms with Gasteiger partial charge in [0.25, 0.3) is 0 Å². The summed E-state index contributed by atoms with van der Waals surface area (Å²) in [4.78, 5) is 2.17. The van der Waals surface area contributed by atoms with E-state index in [2.05, 4.69) is 16.1 Å². The minimum absolute atomic E-state index is 0.770. The lowest BCUT2D eigenvalue weighted by atomic mass is 10.2. The van der Waals surface area contributed by atoms with Gasteiger partial charge in [0.1, 0.15) is 5.76 Å². The Balaban J connectivity index is 1.95. The maximum atomic E-state index is 5.74. The Kier molecular flexibility index (Phi) is 3.44. The summed E-state index contributed by atoms with van der Waals surface area (Å²) >= 11 is 0. The zero-order valence-electron chi connectivity index (χ0n) is 10.2. The van der Waals surface area contributed by atoms with E-state index in [1.165, 1.54) is 5.56 Å². The molecule has 0 amide bonds. The molecular weight excluding hydrogens is 214 g/mol. The molecule has 0 saturated heterocycles. The number of rotatable bonds is 4. The second kappa shape index (κ2) is 5.01. The molecule has 0 bridgehead atoms. The number of anilines is 1. The highest BCUT2D eigenvalue weighted by atomic mass is 16.5. The first-order valence-electron chi connectivity index (χ1n) is 5.58. The Morgan fingerprint density at radius 1 is 1.29 bits per heavy atom. The van der Waals surface area contributed by atoms with E-state index in [1.807, 2.05) is 38.2 Å². The summed E-state index contributed by atoms with van der Waals surface area (Å²) < 4.78 is 5.04. The van der Waals surface area contributed by atoms with E-state index in [0.717, 1.165) is 30.2 Å². The number of benzene rings is 1. The first-order chi connectivity index (χ1) is 8.13. The molecule has 2 aromatic rings. The van der Waals surface area contributed by atoms with Crippen molar-refractivity contribution in [2.45, 2.75) is 20.0 Å². The molecule has 0 atom stereocenters. The Morgan fingerprint density at radius 2 is 2.12 bits per heavy atom. The number of hydrogen-bond acceptors (Lipinski definition) is 4. The molecule has 17 heavy (non-hydrogen) atoms. The molecule has 1 aromatic carbocycles. The summed E-state index contributed by atoms with van der Waals surface area (Å²) in [5.41, 5.74) is 8.70. The van der Waals surface area contributed by atoms with Gasteiger partial charge in [-0.25, -0.2) is 0 Å². The van der Waals surface area contributed by atoms with Crippen molar-refractivity contribution < 1.29 is 4.52 Å². The number of aryl methyl sites for hydroxylation is 1. The van der Waals surface area contributed by atoms with Crippen molar-refractivity contribution in [3.63, 3.8) is 0 Å². The normalized spacial score (nSPS) is 11.0. The van der Waals surface area contributed by atoms with Gasteiger partial charge < -0.3 is 10.3 Å². The van der Waals surface area contributed by atoms with E-state index < -0.39 is 0 Å². The number of nitrogens with zero attached hydrogens (tertiary/aromatic N) is 2. The van der Waals surface area contributed by atoms with Gasteiger partial charge in [0.05, 0.1) is 5.69 Å². The number of aromatic nitrogens is 1. The smallest absolute Gasteiger partial charge is 0.133 e. The van der Waals surface area contributed by atoms with Gasteiger partial charge in [-0.3, -0.25) is 4.90 Å². The lowest BCUT2D eigenvalue weighted by Gasteiger charge is -2.15. The van der Waals surface area contributed by atoms with Crippen molar-refractivity contribution in [2.24, 2.45) is 0 Å². The average Bonchev–Trinajstić information content (AvgIpc) is 2.63. The molecule has 0 radical (unpaired) electrons. The van der Waals surface area contributed by atoms with Crippen LogP contribution in [0.5, 0.6) is 0 Å². The molecule has 1 aromatic heterocycles. The van der Waals surface area contributed by atoms with Crippen molar-refractivity contribution in [3.05, 3.63) is 47.3 Å². The van der Waals surface area contributed by atoms with Crippen LogP contribution in [-0.2, 0) is 13.1 Å². The van der Waals surface area contributed by atoms with Gasteiger partial charge in [0, 0.05) is 24.8 Å². The summed E-state index contributed by atoms with van der Waals surface area (Å²) in [5, 5.41) is 3.97. The zero-order valence-corrected chi connectivity index (χ0v) is 10.2. The van der Waals surface area contributed by atoms with Crippen LogP contribution in [0.25, 0.3) is 0 Å². The molecule has 0 saturated carbocycles. The molecule has 2 rings (SSSR count). The van der Waals surface area contributed by atoms with Crippen LogP contribution >= 0.6 is 0 Å². The first-order valence-corrected chi connectivity index (χ1v) is 5.58. The van der Waals surface area contributed by atoms with Crippen LogP contribution in [-0.4, -0.2) is 17.1 Å². The van der Waals surface area contributed by atoms with Crippen LogP contribution < -0.4 is 5.73 Å². The Bertz CT molecular complexity index is 493. The lowest BCUT2D eigenvalue weighted by molar-refractivity contribution is 0.302. The predicted molar refractivity (Wildman–Crippen MR) is 67.3 cm³/mol. The third-order valence-electron chi connectivity index (χ3n) is 2.51. The minimum atomic E-state index is 0.770. The topological polar surface area (TPSA) is 55.3 Å². The fourth-order valence-corrected chi connectivity index (χ4v) is 1.83. The molecule has 0 aliphatic rings. The second-order valence-electron chi connectivity index (χ2n) is 4.35. The van der Waals surface area contributed by atoms with E-state index in [-0.39, 0.29) is 0 Å². The van der Waals surface area contributed by atoms with Crippen molar-refractivity contribution >= 4 is 5.69 Å². The molecular formula is C13H17N3O. The van der Waals surface area contributed by atoms with E-state index in [4.69, 9.17) is 10.3 Å². The largest absolute Gasteiger partial charge is 0.399 e. The van der Waals surface area contributed by atoms with Crippen molar-refractivity contribution in [1.82, 2.24) is 10.1 Å². The van der Waals surface area contributed by atoms with Gasteiger partial charge >= 0.3 is 0 Å². The monoisotopic (exact) mass is 231 g/mol. The molecule has 90 valence electrons. The maximum Gasteiger partial charge on any atom is 0.133 e. The Morgan fingerprint density at radius 3 is 2.76 bits per heavy atom. The Labute approximate surface area is 101 Å². The third-order valence-corrected chi connectivity index (χ3v) is 2.51. The van der Waals surface area contributed by atoms with Crippen LogP contribution in [0.1, 0.15) is 17.0 Å². The van der Waals surface area contributed by atoms with Gasteiger partial charge in [0.15, 0.2) is 0 Å². The SMILES string of the molecule is Cc1cc(CN(C)Cc2cccc(N)c2)no1. The maximum absolute atomic E-state index is 5.74. The predicted octanol–water partition coefficient (Wildman–Crippen LogP) is 2.20. The molecule has 0 fully saturated rings. The quantitative estimate of drug-likeness (QED) is 0.819. The van der Waals surface area contributed by atoms with Crippen LogP contribution in [0.3, 0.4) is 0 Å². The minimum Gasteiger partial charge on any atom is -0.399 e. The fourth-order valence-electron chi connectivity index (χ4n) is 1.83. The van der Waals surface area contributed by atoms with E-state index in [9.17, 15) is 0 Å². The molecule has 1 heterocycles. The van der Waals surface area contributed by atoms with Gasteiger partial charge in [-0.15, -0.1) is 0 Å². The third kappa shape index (κ3) is 3.32. The molecule has 4 heteroatoms. The lowest BCUT2D eigenvalue weighted by Crippen LogP contribution is -2.17. The summed E-state index contributed by atoms with van der Waals surface area (Å²) in [5.74, 6) is 0.845. The summed E-state index contributed by atoms with van der Waals surface area (Å²) in [6.07, 6.45) is 0. The molecule has 0 unspecified atom stereocenters. The molecule has 2 N–H and O–H groups in total. The Hall–Kier alpha value is -1.81. The highest BCUT2D eigenvalue weighted by molar-refractivity contribution is 5.40. The average molecular weight is 231 g/mol. The first kappa shape index (κ1) is 11.7. The van der Waals surface area contributed by atoms with Crippen molar-refractivity contribution in [3.8, 4) is 0 Å². The van der Waals surface area contributed by atoms with Gasteiger partial charge in [-0.05, 0) is 31.7 Å². The molecule has 0 aliphatic heterocycles. The highest BCUT2D eigenvalue weighted by Gasteiger charge is 2.05. The fraction of sp³-hybridized carbons (Fsp3) is 0.308. The van der Waals surface area contributed by atoms with Crippen molar-refractivity contribution in [1.29, 1.82) is 0 Å². The molecule has 4 nitrogen and oxygen atoms in total. The number of hydrogen-bond donors (Lipinski definition) is 1. The van der Waals surface area contributed by atoms with Crippen molar-refractivity contribution in [2.75, 3.05) is 12.8 Å². The summed E-state index contributed by atoms with van der Waals surface area (Å²) in [7, 11) is 2.05. The van der Waals surface area contributed by atoms with E-state index in [0.29, 0.717) is 0 Å². The highest BCUT2D eigenvalue weighted by Crippen LogP contribution is 2.11. The van der Waals surface area contributed by atoms with Crippen LogP contribution in [0.2, 0.25) is 0 Å². The van der Waals surface area contributed by atoms with E-state index in [1.54, 1.807) is 0 Å². The van der Waals surface area contributed by atoms with E-state index >= 15 is 0 Å².